The van der Waals surface area contributed by atoms with E-state index in [2.05, 4.69) is 35.8 Å². The summed E-state index contributed by atoms with van der Waals surface area (Å²) in [6.45, 7) is 6.18. The number of hydrogen-bond donors (Lipinski definition) is 0. The second-order valence-electron chi connectivity index (χ2n) is 5.48. The predicted octanol–water partition coefficient (Wildman–Crippen LogP) is 5.70. The second kappa shape index (κ2) is 7.41. The molecule has 0 aliphatic heterocycles. The Morgan fingerprint density at radius 3 is 2.41 bits per heavy atom. The van der Waals surface area contributed by atoms with E-state index in [-0.39, 0.29) is 5.97 Å². The molecule has 0 unspecified atom stereocenters. The van der Waals surface area contributed by atoms with E-state index in [1.165, 1.54) is 0 Å². The molecule has 0 fully saturated rings. The topological polar surface area (TPSA) is 26.3 Å². The Balaban J connectivity index is 2.19. The van der Waals surface area contributed by atoms with Crippen molar-refractivity contribution in [3.63, 3.8) is 0 Å². The lowest BCUT2D eigenvalue weighted by atomic mass is 10.0. The van der Waals surface area contributed by atoms with Gasteiger partial charge in [0.15, 0.2) is 0 Å². The fourth-order valence-electron chi connectivity index (χ4n) is 2.05. The maximum atomic E-state index is 12.3. The summed E-state index contributed by atoms with van der Waals surface area (Å²) < 4.78 is 5.56. The molecule has 0 radical (unpaired) electrons. The summed E-state index contributed by atoms with van der Waals surface area (Å²) in [5.74, 6) is 0.687. The zero-order chi connectivity index (χ0) is 16.1. The van der Waals surface area contributed by atoms with E-state index < -0.39 is 0 Å². The Hall–Kier alpha value is -1.87. The first-order valence-corrected chi connectivity index (χ1v) is 8.12. The van der Waals surface area contributed by atoms with Gasteiger partial charge in [-0.1, -0.05) is 54.0 Å². The van der Waals surface area contributed by atoms with Crippen LogP contribution >= 0.6 is 15.9 Å². The number of benzene rings is 2. The molecule has 0 bridgehead atoms. The smallest absolute Gasteiger partial charge is 0.343 e. The van der Waals surface area contributed by atoms with E-state index in [0.717, 1.165) is 16.7 Å². The minimum atomic E-state index is -0.335. The van der Waals surface area contributed by atoms with Crippen LogP contribution in [0.2, 0.25) is 0 Å². The van der Waals surface area contributed by atoms with Crippen LogP contribution in [0.15, 0.2) is 47.4 Å². The average Bonchev–Trinajstić information content (AvgIpc) is 2.50. The van der Waals surface area contributed by atoms with Crippen LogP contribution in [0.25, 0.3) is 6.08 Å². The quantitative estimate of drug-likeness (QED) is 0.517. The molecule has 2 nitrogen and oxygen atoms in total. The van der Waals surface area contributed by atoms with Gasteiger partial charge in [0.2, 0.25) is 0 Å². The maximum Gasteiger partial charge on any atom is 0.343 e. The van der Waals surface area contributed by atoms with E-state index >= 15 is 0 Å². The maximum absolute atomic E-state index is 12.3. The van der Waals surface area contributed by atoms with Crippen LogP contribution in [-0.2, 0) is 0 Å². The summed E-state index contributed by atoms with van der Waals surface area (Å²) in [6.07, 6.45) is 1.91. The van der Waals surface area contributed by atoms with Crippen molar-refractivity contribution in [3.05, 3.63) is 69.7 Å². The normalized spacial score (nSPS) is 11.1. The van der Waals surface area contributed by atoms with Crippen molar-refractivity contribution < 1.29 is 9.53 Å². The molecule has 3 heteroatoms. The molecule has 0 atom stereocenters. The predicted molar refractivity (Wildman–Crippen MR) is 94.6 cm³/mol. The van der Waals surface area contributed by atoms with Crippen molar-refractivity contribution in [2.45, 2.75) is 26.7 Å². The third-order valence-corrected chi connectivity index (χ3v) is 3.75. The van der Waals surface area contributed by atoms with Crippen LogP contribution in [0.1, 0.15) is 46.8 Å². The van der Waals surface area contributed by atoms with Gasteiger partial charge < -0.3 is 4.74 Å². The summed E-state index contributed by atoms with van der Waals surface area (Å²) in [6, 6.07) is 13.3. The average molecular weight is 359 g/mol. The van der Waals surface area contributed by atoms with Crippen LogP contribution in [0.3, 0.4) is 0 Å². The highest BCUT2D eigenvalue weighted by Crippen LogP contribution is 2.25. The molecule has 22 heavy (non-hydrogen) atoms. The lowest BCUT2D eigenvalue weighted by Gasteiger charge is -2.11. The molecule has 0 amide bonds. The van der Waals surface area contributed by atoms with Gasteiger partial charge in [-0.3, -0.25) is 0 Å². The molecule has 0 aliphatic carbocycles. The Bertz CT molecular complexity index is 685. The molecule has 0 heterocycles. The highest BCUT2D eigenvalue weighted by Gasteiger charge is 2.11. The summed E-state index contributed by atoms with van der Waals surface area (Å²) in [5, 5.41) is 0. The second-order valence-corrected chi connectivity index (χ2v) is 6.01. The third-order valence-electron chi connectivity index (χ3n) is 3.48. The van der Waals surface area contributed by atoms with E-state index in [4.69, 9.17) is 4.74 Å². The SMILES string of the molecule is Cc1ccc(C(C)C)cc1OC(=O)c1ccc(/C=C/Br)cc1. The van der Waals surface area contributed by atoms with Gasteiger partial charge in [0.25, 0.3) is 0 Å². The van der Waals surface area contributed by atoms with Crippen molar-refractivity contribution >= 4 is 28.0 Å². The number of ether oxygens (including phenoxy) is 1. The number of halogens is 1. The first-order chi connectivity index (χ1) is 10.5. The Kier molecular flexibility index (Phi) is 5.56. The van der Waals surface area contributed by atoms with Crippen molar-refractivity contribution in [1.82, 2.24) is 0 Å². The molecule has 2 rings (SSSR count). The number of carbonyl (C=O) groups is 1. The summed E-state index contributed by atoms with van der Waals surface area (Å²) in [7, 11) is 0. The Morgan fingerprint density at radius 2 is 1.82 bits per heavy atom. The van der Waals surface area contributed by atoms with Crippen LogP contribution in [0.5, 0.6) is 5.75 Å². The molecule has 0 saturated carbocycles. The van der Waals surface area contributed by atoms with E-state index in [0.29, 0.717) is 17.2 Å². The number of rotatable bonds is 4. The monoisotopic (exact) mass is 358 g/mol. The minimum absolute atomic E-state index is 0.335. The van der Waals surface area contributed by atoms with Gasteiger partial charge >= 0.3 is 5.97 Å². The lowest BCUT2D eigenvalue weighted by molar-refractivity contribution is 0.0733. The Morgan fingerprint density at radius 1 is 1.14 bits per heavy atom. The van der Waals surface area contributed by atoms with E-state index in [9.17, 15) is 4.79 Å². The molecule has 2 aromatic rings. The summed E-state index contributed by atoms with van der Waals surface area (Å²) >= 11 is 3.23. The molecule has 0 aliphatic rings. The van der Waals surface area contributed by atoms with Gasteiger partial charge in [0, 0.05) is 0 Å². The third kappa shape index (κ3) is 4.08. The Labute approximate surface area is 139 Å². The molecular weight excluding hydrogens is 340 g/mol. The zero-order valence-electron chi connectivity index (χ0n) is 13.0. The molecule has 114 valence electrons. The van der Waals surface area contributed by atoms with Gasteiger partial charge in [-0.15, -0.1) is 0 Å². The molecule has 0 spiro atoms. The number of aryl methyl sites for hydroxylation is 1. The largest absolute Gasteiger partial charge is 0.423 e. The van der Waals surface area contributed by atoms with Gasteiger partial charge in [-0.25, -0.2) is 4.79 Å². The molecule has 0 saturated heterocycles. The summed E-state index contributed by atoms with van der Waals surface area (Å²) in [4.78, 5) is 14.0. The fraction of sp³-hybridized carbons (Fsp3) is 0.211. The highest BCUT2D eigenvalue weighted by molar-refractivity contribution is 9.11. The lowest BCUT2D eigenvalue weighted by Crippen LogP contribution is -2.09. The highest BCUT2D eigenvalue weighted by atomic mass is 79.9. The first kappa shape index (κ1) is 16.5. The first-order valence-electron chi connectivity index (χ1n) is 7.21. The van der Waals surface area contributed by atoms with E-state index in [1.54, 1.807) is 17.1 Å². The standard InChI is InChI=1S/C19H19BrO2/c1-13(2)17-7-4-14(3)18(12-17)22-19(21)16-8-5-15(6-9-16)10-11-20/h4-13H,1-3H3/b11-10+. The molecule has 2 aromatic carbocycles. The summed E-state index contributed by atoms with van der Waals surface area (Å²) in [5.41, 5.74) is 3.68. The van der Waals surface area contributed by atoms with Crippen LogP contribution < -0.4 is 4.74 Å². The molecule has 0 aromatic heterocycles. The number of hydrogen-bond acceptors (Lipinski definition) is 2. The molecule has 0 N–H and O–H groups in total. The van der Waals surface area contributed by atoms with Crippen LogP contribution in [-0.4, -0.2) is 5.97 Å². The van der Waals surface area contributed by atoms with E-state index in [1.807, 2.05) is 37.3 Å². The van der Waals surface area contributed by atoms with Gasteiger partial charge in [-0.2, -0.15) is 0 Å². The number of esters is 1. The minimum Gasteiger partial charge on any atom is -0.423 e. The van der Waals surface area contributed by atoms with Gasteiger partial charge in [0.05, 0.1) is 5.56 Å². The zero-order valence-corrected chi connectivity index (χ0v) is 14.6. The number of carbonyl (C=O) groups excluding carboxylic acids is 1. The fourth-order valence-corrected chi connectivity index (χ4v) is 2.35. The van der Waals surface area contributed by atoms with Gasteiger partial charge in [-0.05, 0) is 58.8 Å². The van der Waals surface area contributed by atoms with Crippen LogP contribution in [0.4, 0.5) is 0 Å². The van der Waals surface area contributed by atoms with Crippen molar-refractivity contribution in [3.8, 4) is 5.75 Å². The van der Waals surface area contributed by atoms with Crippen molar-refractivity contribution in [2.24, 2.45) is 0 Å². The van der Waals surface area contributed by atoms with Crippen LogP contribution in [0, 0.1) is 6.92 Å². The van der Waals surface area contributed by atoms with Gasteiger partial charge in [0.1, 0.15) is 5.75 Å². The van der Waals surface area contributed by atoms with Crippen molar-refractivity contribution in [1.29, 1.82) is 0 Å². The van der Waals surface area contributed by atoms with Crippen molar-refractivity contribution in [2.75, 3.05) is 0 Å². The molecular formula is C19H19BrO2.